The first-order valence-corrected chi connectivity index (χ1v) is 16.5. The zero-order valence-corrected chi connectivity index (χ0v) is 25.2. The first kappa shape index (κ1) is 30.5. The lowest BCUT2D eigenvalue weighted by Crippen LogP contribution is -2.37. The molecule has 0 saturated carbocycles. The molecule has 2 aromatic rings. The van der Waals surface area contributed by atoms with Crippen LogP contribution >= 0.6 is 9.39 Å². The van der Waals surface area contributed by atoms with E-state index in [1.807, 2.05) is 0 Å². The van der Waals surface area contributed by atoms with Gasteiger partial charge in [-0.15, -0.1) is 0 Å². The third-order valence-electron chi connectivity index (χ3n) is 9.00. The summed E-state index contributed by atoms with van der Waals surface area (Å²) in [5, 5.41) is 0.597. The zero-order valence-electron chi connectivity index (χ0n) is 24.4. The molecule has 7 heteroatoms. The molecule has 0 unspecified atom stereocenters. The van der Waals surface area contributed by atoms with E-state index in [2.05, 4.69) is 106 Å². The number of fused-ring (bicyclic) bond motifs is 1. The van der Waals surface area contributed by atoms with E-state index >= 15 is 0 Å². The lowest BCUT2D eigenvalue weighted by atomic mass is 9.99. The lowest BCUT2D eigenvalue weighted by molar-refractivity contribution is 0.194. The number of pyridine rings is 1. The molecule has 220 valence electrons. The average molecular weight is 565 g/mol. The minimum absolute atomic E-state index is 0. The SMILES string of the molecule is C.C=C1N(Cc2ccc(N3CCC(S(=C)(=C)N(C)C)CC3)cn2)CCN1C[C@H](C)CN1CCc2ccccc2C1. The summed E-state index contributed by atoms with van der Waals surface area (Å²) in [7, 11) is 3.05. The molecule has 40 heavy (non-hydrogen) atoms. The molecule has 5 rings (SSSR count). The molecule has 3 aliphatic rings. The van der Waals surface area contributed by atoms with E-state index in [0.717, 1.165) is 83.3 Å². The Morgan fingerprint density at radius 1 is 0.950 bits per heavy atom. The molecule has 0 aliphatic carbocycles. The number of anilines is 1. The van der Waals surface area contributed by atoms with Crippen molar-refractivity contribution in [2.45, 2.75) is 52.0 Å². The highest BCUT2D eigenvalue weighted by Crippen LogP contribution is 2.36. The highest BCUT2D eigenvalue weighted by atomic mass is 32.2. The quantitative estimate of drug-likeness (QED) is 0.393. The van der Waals surface area contributed by atoms with E-state index in [1.165, 1.54) is 23.2 Å². The van der Waals surface area contributed by atoms with Gasteiger partial charge in [-0.3, -0.25) is 14.2 Å². The number of hydrogen-bond donors (Lipinski definition) is 0. The molecule has 1 aromatic carbocycles. The van der Waals surface area contributed by atoms with Crippen LogP contribution in [0.25, 0.3) is 0 Å². The van der Waals surface area contributed by atoms with E-state index in [4.69, 9.17) is 4.98 Å². The molecule has 0 amide bonds. The summed E-state index contributed by atoms with van der Waals surface area (Å²) < 4.78 is 2.24. The summed E-state index contributed by atoms with van der Waals surface area (Å²) in [5.74, 6) is 10.7. The van der Waals surface area contributed by atoms with Gasteiger partial charge in [-0.05, 0) is 62.5 Å². The Hall–Kier alpha value is -2.48. The monoisotopic (exact) mass is 564 g/mol. The fourth-order valence-corrected chi connectivity index (χ4v) is 8.08. The van der Waals surface area contributed by atoms with Crippen molar-refractivity contribution in [2.75, 3.05) is 64.8 Å². The normalized spacial score (nSPS) is 19.6. The van der Waals surface area contributed by atoms with Gasteiger partial charge >= 0.3 is 0 Å². The van der Waals surface area contributed by atoms with Crippen molar-refractivity contribution < 1.29 is 0 Å². The third kappa shape index (κ3) is 6.87. The van der Waals surface area contributed by atoms with Crippen molar-refractivity contribution in [1.82, 2.24) is 24.0 Å². The summed E-state index contributed by atoms with van der Waals surface area (Å²) in [5.41, 5.74) is 5.37. The van der Waals surface area contributed by atoms with Crippen molar-refractivity contribution in [3.8, 4) is 0 Å². The summed E-state index contributed by atoms with van der Waals surface area (Å²) in [6.45, 7) is 16.3. The summed E-state index contributed by atoms with van der Waals surface area (Å²) >= 11 is 0. The molecular formula is C33H52N6S. The molecule has 1 atom stereocenters. The van der Waals surface area contributed by atoms with E-state index in [9.17, 15) is 0 Å². The van der Waals surface area contributed by atoms with Crippen molar-refractivity contribution in [3.63, 3.8) is 0 Å². The molecule has 1 aromatic heterocycles. The number of aromatic nitrogens is 1. The van der Waals surface area contributed by atoms with Crippen LogP contribution in [0.2, 0.25) is 0 Å². The summed E-state index contributed by atoms with van der Waals surface area (Å²) in [4.78, 5) is 14.8. The van der Waals surface area contributed by atoms with Gasteiger partial charge in [0.25, 0.3) is 0 Å². The van der Waals surface area contributed by atoms with Gasteiger partial charge in [-0.25, -0.2) is 0 Å². The highest BCUT2D eigenvalue weighted by Gasteiger charge is 2.27. The minimum atomic E-state index is -1.19. The van der Waals surface area contributed by atoms with Crippen LogP contribution in [-0.2, 0) is 19.5 Å². The van der Waals surface area contributed by atoms with Crippen molar-refractivity contribution in [1.29, 1.82) is 0 Å². The number of rotatable bonds is 9. The van der Waals surface area contributed by atoms with Gasteiger partial charge in [0.05, 0.1) is 29.9 Å². The molecule has 4 heterocycles. The van der Waals surface area contributed by atoms with E-state index in [-0.39, 0.29) is 7.43 Å². The Bertz CT molecular complexity index is 1230. The topological polar surface area (TPSA) is 29.1 Å². The second-order valence-electron chi connectivity index (χ2n) is 12.1. The first-order chi connectivity index (χ1) is 18.7. The molecule has 6 nitrogen and oxygen atoms in total. The number of nitrogens with zero attached hydrogens (tertiary/aromatic N) is 6. The average Bonchev–Trinajstić information content (AvgIpc) is 3.27. The van der Waals surface area contributed by atoms with Gasteiger partial charge < -0.3 is 14.7 Å². The Morgan fingerprint density at radius 2 is 1.65 bits per heavy atom. The standard InChI is InChI=1S/C32H48N6S.CH4/c1-26(22-35-16-13-28-9-7-8-10-29(28)24-35)23-37-19-20-38(27(37)2)25-30-11-12-31(21-33-30)36-17-14-32(15-18-36)39(5,6)34(3)4;/h7-12,21,26,32H,2,5-6,13-20,22-25H2,1,3-4H3;1H4/t26-;/m1./s1. The van der Waals surface area contributed by atoms with Gasteiger partial charge in [0.2, 0.25) is 0 Å². The maximum atomic E-state index is 4.85. The maximum absolute atomic E-state index is 4.85. The molecular weight excluding hydrogens is 512 g/mol. The lowest BCUT2D eigenvalue weighted by Gasteiger charge is -2.39. The van der Waals surface area contributed by atoms with Crippen molar-refractivity contribution in [2.24, 2.45) is 5.92 Å². The van der Waals surface area contributed by atoms with Crippen LogP contribution in [0.15, 0.2) is 55.0 Å². The van der Waals surface area contributed by atoms with Crippen LogP contribution in [0.3, 0.4) is 0 Å². The highest BCUT2D eigenvalue weighted by molar-refractivity contribution is 8.26. The molecule has 3 aliphatic heterocycles. The zero-order chi connectivity index (χ0) is 27.6. The number of piperidine rings is 1. The Kier molecular flexibility index (Phi) is 9.91. The predicted octanol–water partition coefficient (Wildman–Crippen LogP) is 5.11. The van der Waals surface area contributed by atoms with Gasteiger partial charge in [0.1, 0.15) is 0 Å². The van der Waals surface area contributed by atoms with Crippen LogP contribution in [0, 0.1) is 5.92 Å². The minimum Gasteiger partial charge on any atom is -0.370 e. The maximum Gasteiger partial charge on any atom is 0.0970 e. The predicted molar refractivity (Wildman–Crippen MR) is 177 cm³/mol. The van der Waals surface area contributed by atoms with Gasteiger partial charge in [0.15, 0.2) is 0 Å². The van der Waals surface area contributed by atoms with E-state index < -0.39 is 9.39 Å². The largest absolute Gasteiger partial charge is 0.370 e. The van der Waals surface area contributed by atoms with Gasteiger partial charge in [-0.2, -0.15) is 9.39 Å². The van der Waals surface area contributed by atoms with Crippen LogP contribution in [-0.4, -0.2) is 101 Å². The van der Waals surface area contributed by atoms with Crippen LogP contribution in [0.4, 0.5) is 5.69 Å². The summed E-state index contributed by atoms with van der Waals surface area (Å²) in [6, 6.07) is 13.4. The van der Waals surface area contributed by atoms with E-state index in [1.54, 1.807) is 0 Å². The number of hydrogen-bond acceptors (Lipinski definition) is 6. The van der Waals surface area contributed by atoms with Crippen LogP contribution in [0.5, 0.6) is 0 Å². The second-order valence-corrected chi connectivity index (χ2v) is 15.2. The Labute approximate surface area is 244 Å². The molecule has 0 radical (unpaired) electrons. The molecule has 2 fully saturated rings. The van der Waals surface area contributed by atoms with Crippen LogP contribution < -0.4 is 4.90 Å². The molecule has 0 spiro atoms. The summed E-state index contributed by atoms with van der Waals surface area (Å²) in [6.07, 6.45) is 5.53. The van der Waals surface area contributed by atoms with Gasteiger partial charge in [0, 0.05) is 57.6 Å². The van der Waals surface area contributed by atoms with Crippen LogP contribution in [0.1, 0.15) is 44.0 Å². The number of benzene rings is 1. The Morgan fingerprint density at radius 3 is 2.33 bits per heavy atom. The van der Waals surface area contributed by atoms with Gasteiger partial charge in [-0.1, -0.05) is 56.9 Å². The first-order valence-electron chi connectivity index (χ1n) is 14.5. The third-order valence-corrected chi connectivity index (χ3v) is 12.2. The smallest absolute Gasteiger partial charge is 0.0970 e. The molecule has 0 bridgehead atoms. The fraction of sp³-hybridized carbons (Fsp3) is 0.545. The van der Waals surface area contributed by atoms with Crippen molar-refractivity contribution >= 4 is 26.8 Å². The Balaban J connectivity index is 0.00000370. The van der Waals surface area contributed by atoms with Crippen molar-refractivity contribution in [3.05, 3.63) is 71.8 Å². The second kappa shape index (κ2) is 13.0. The fourth-order valence-electron chi connectivity index (χ4n) is 6.39. The molecule has 0 N–H and O–H groups in total. The molecule has 2 saturated heterocycles. The van der Waals surface area contributed by atoms with E-state index in [0.29, 0.717) is 11.2 Å².